The van der Waals surface area contributed by atoms with E-state index in [1.807, 2.05) is 0 Å². The monoisotopic (exact) mass is 200 g/mol. The first-order chi connectivity index (χ1) is 6.70. The molecule has 0 unspecified atom stereocenters. The van der Waals surface area contributed by atoms with Gasteiger partial charge in [0.2, 0.25) is 0 Å². The number of hydrogen-bond acceptors (Lipinski definition) is 3. The second kappa shape index (κ2) is 5.82. The summed E-state index contributed by atoms with van der Waals surface area (Å²) in [7, 11) is 3.37. The highest BCUT2D eigenvalue weighted by Gasteiger charge is 2.11. The molecule has 1 amide bonds. The van der Waals surface area contributed by atoms with Gasteiger partial charge in [0.25, 0.3) is 0 Å². The molecule has 1 aliphatic heterocycles. The molecule has 1 fully saturated rings. The van der Waals surface area contributed by atoms with Crippen LogP contribution in [0.3, 0.4) is 0 Å². The van der Waals surface area contributed by atoms with Crippen LogP contribution in [0.25, 0.3) is 0 Å². The number of carbonyl (C=O) groups excluding carboxylic acids is 1. The van der Waals surface area contributed by atoms with Gasteiger partial charge in [-0.25, -0.2) is 10.1 Å². The average Bonchev–Trinajstić information content (AvgIpc) is 2.19. The maximum Gasteiger partial charge on any atom is 0.409 e. The molecule has 0 saturated carbocycles. The van der Waals surface area contributed by atoms with Crippen LogP contribution in [-0.2, 0) is 4.74 Å². The highest BCUT2D eigenvalue weighted by atomic mass is 16.6. The van der Waals surface area contributed by atoms with Crippen molar-refractivity contribution in [3.8, 4) is 0 Å². The van der Waals surface area contributed by atoms with E-state index in [1.165, 1.54) is 4.90 Å². The van der Waals surface area contributed by atoms with Gasteiger partial charge in [0.15, 0.2) is 0 Å². The third-order valence-electron chi connectivity index (χ3n) is 2.15. The van der Waals surface area contributed by atoms with Gasteiger partial charge in [0.05, 0.1) is 0 Å². The van der Waals surface area contributed by atoms with Gasteiger partial charge in [-0.15, -0.1) is 0 Å². The smallest absolute Gasteiger partial charge is 0.409 e. The number of amides is 1. The van der Waals surface area contributed by atoms with Crippen LogP contribution in [0.1, 0.15) is 0 Å². The summed E-state index contributed by atoms with van der Waals surface area (Å²) in [5.41, 5.74) is 0. The number of carbonyl (C=O) groups is 1. The van der Waals surface area contributed by atoms with E-state index in [4.69, 9.17) is 4.74 Å². The van der Waals surface area contributed by atoms with E-state index in [9.17, 15) is 4.79 Å². The second-order valence-electron chi connectivity index (χ2n) is 3.52. The molecule has 1 radical (unpaired) electrons. The Morgan fingerprint density at radius 2 is 2.07 bits per heavy atom. The fraction of sp³-hybridized carbons (Fsp3) is 0.889. The fourth-order valence-corrected chi connectivity index (χ4v) is 1.26. The maximum atomic E-state index is 11.1. The zero-order valence-corrected chi connectivity index (χ0v) is 8.90. The standard InChI is InChI=1S/C9H18N3O2/c1-11(2)9(13)14-8-7-12-5-3-10-4-6-12/h3-8H2,1-2H3. The molecular formula is C9H18N3O2. The molecule has 0 atom stereocenters. The number of rotatable bonds is 3. The highest BCUT2D eigenvalue weighted by Crippen LogP contribution is 1.93. The van der Waals surface area contributed by atoms with Crippen LogP contribution in [0.15, 0.2) is 0 Å². The molecule has 1 heterocycles. The summed E-state index contributed by atoms with van der Waals surface area (Å²) in [4.78, 5) is 14.7. The van der Waals surface area contributed by atoms with Crippen molar-refractivity contribution in [3.05, 3.63) is 0 Å². The van der Waals surface area contributed by atoms with Crippen molar-refractivity contribution in [2.45, 2.75) is 0 Å². The van der Waals surface area contributed by atoms with Crippen LogP contribution in [-0.4, -0.2) is 69.3 Å². The molecule has 0 aromatic rings. The Morgan fingerprint density at radius 3 is 2.64 bits per heavy atom. The molecule has 81 valence electrons. The van der Waals surface area contributed by atoms with Gasteiger partial charge in [-0.1, -0.05) is 0 Å². The van der Waals surface area contributed by atoms with Crippen molar-refractivity contribution >= 4 is 6.09 Å². The quantitative estimate of drug-likeness (QED) is 0.623. The number of piperazine rings is 1. The van der Waals surface area contributed by atoms with Gasteiger partial charge < -0.3 is 9.64 Å². The Labute approximate surface area is 85.0 Å². The maximum absolute atomic E-state index is 11.1. The molecule has 0 bridgehead atoms. The molecule has 5 nitrogen and oxygen atoms in total. The van der Waals surface area contributed by atoms with Crippen molar-refractivity contribution in [3.63, 3.8) is 0 Å². The SMILES string of the molecule is CN(C)C(=O)OCCN1CC[N]CC1. The molecule has 0 spiro atoms. The summed E-state index contributed by atoms with van der Waals surface area (Å²) in [6, 6.07) is 0. The predicted octanol–water partition coefficient (Wildman–Crippen LogP) is -0.395. The summed E-state index contributed by atoms with van der Waals surface area (Å²) >= 11 is 0. The van der Waals surface area contributed by atoms with Crippen LogP contribution in [0, 0.1) is 0 Å². The molecule has 0 aromatic heterocycles. The van der Waals surface area contributed by atoms with Crippen LogP contribution in [0.4, 0.5) is 4.79 Å². The Hall–Kier alpha value is -0.810. The molecule has 1 saturated heterocycles. The van der Waals surface area contributed by atoms with Gasteiger partial charge >= 0.3 is 6.09 Å². The van der Waals surface area contributed by atoms with Crippen LogP contribution < -0.4 is 5.32 Å². The first kappa shape index (κ1) is 11.3. The zero-order valence-electron chi connectivity index (χ0n) is 8.90. The fourth-order valence-electron chi connectivity index (χ4n) is 1.26. The van der Waals surface area contributed by atoms with Crippen LogP contribution >= 0.6 is 0 Å². The van der Waals surface area contributed by atoms with Crippen LogP contribution in [0.5, 0.6) is 0 Å². The summed E-state index contributed by atoms with van der Waals surface area (Å²) < 4.78 is 5.02. The minimum absolute atomic E-state index is 0.272. The number of hydrogen-bond donors (Lipinski definition) is 0. The largest absolute Gasteiger partial charge is 0.448 e. The average molecular weight is 200 g/mol. The lowest BCUT2D eigenvalue weighted by Gasteiger charge is -2.26. The van der Waals surface area contributed by atoms with Gasteiger partial charge in [-0.2, -0.15) is 0 Å². The van der Waals surface area contributed by atoms with E-state index in [0.717, 1.165) is 32.7 Å². The van der Waals surface area contributed by atoms with E-state index >= 15 is 0 Å². The first-order valence-electron chi connectivity index (χ1n) is 4.90. The summed E-state index contributed by atoms with van der Waals surface area (Å²) in [5, 5.41) is 4.24. The normalized spacial score (nSPS) is 17.9. The highest BCUT2D eigenvalue weighted by molar-refractivity contribution is 5.66. The number of nitrogens with zero attached hydrogens (tertiary/aromatic N) is 3. The number of ether oxygens (including phenoxy) is 1. The Balaban J connectivity index is 2.05. The van der Waals surface area contributed by atoms with E-state index < -0.39 is 0 Å². The summed E-state index contributed by atoms with van der Waals surface area (Å²) in [6.45, 7) is 5.06. The van der Waals surface area contributed by atoms with E-state index in [2.05, 4.69) is 10.2 Å². The van der Waals surface area contributed by atoms with Crippen LogP contribution in [0.2, 0.25) is 0 Å². The Bertz CT molecular complexity index is 179. The van der Waals surface area contributed by atoms with E-state index in [-0.39, 0.29) is 6.09 Å². The summed E-state index contributed by atoms with van der Waals surface area (Å²) in [6.07, 6.45) is -0.272. The molecule has 0 N–H and O–H groups in total. The molecule has 1 rings (SSSR count). The summed E-state index contributed by atoms with van der Waals surface area (Å²) in [5.74, 6) is 0. The topological polar surface area (TPSA) is 46.9 Å². The predicted molar refractivity (Wildman–Crippen MR) is 53.3 cm³/mol. The van der Waals surface area contributed by atoms with Crippen molar-refractivity contribution < 1.29 is 9.53 Å². The van der Waals surface area contributed by atoms with Crippen molar-refractivity contribution in [1.29, 1.82) is 0 Å². The van der Waals surface area contributed by atoms with E-state index in [0.29, 0.717) is 6.61 Å². The van der Waals surface area contributed by atoms with Crippen molar-refractivity contribution in [2.75, 3.05) is 53.4 Å². The molecule has 14 heavy (non-hydrogen) atoms. The minimum Gasteiger partial charge on any atom is -0.448 e. The molecule has 1 aliphatic rings. The molecular weight excluding hydrogens is 182 g/mol. The first-order valence-corrected chi connectivity index (χ1v) is 4.90. The molecule has 0 aromatic carbocycles. The lowest BCUT2D eigenvalue weighted by atomic mass is 10.4. The van der Waals surface area contributed by atoms with Crippen molar-refractivity contribution in [1.82, 2.24) is 15.1 Å². The lowest BCUT2D eigenvalue weighted by molar-refractivity contribution is 0.101. The lowest BCUT2D eigenvalue weighted by Crippen LogP contribution is -2.42. The minimum atomic E-state index is -0.272. The van der Waals surface area contributed by atoms with Gasteiger partial charge in [-0.3, -0.25) is 4.90 Å². The molecule has 5 heteroatoms. The Kier molecular flexibility index (Phi) is 4.69. The van der Waals surface area contributed by atoms with Gasteiger partial charge in [-0.05, 0) is 0 Å². The Morgan fingerprint density at radius 1 is 1.43 bits per heavy atom. The van der Waals surface area contributed by atoms with Crippen molar-refractivity contribution in [2.24, 2.45) is 0 Å². The van der Waals surface area contributed by atoms with Gasteiger partial charge in [0, 0.05) is 46.8 Å². The third-order valence-corrected chi connectivity index (χ3v) is 2.15. The van der Waals surface area contributed by atoms with E-state index in [1.54, 1.807) is 14.1 Å². The van der Waals surface area contributed by atoms with Gasteiger partial charge in [0.1, 0.15) is 6.61 Å². The zero-order chi connectivity index (χ0) is 10.4. The third kappa shape index (κ3) is 3.93. The molecule has 0 aliphatic carbocycles. The second-order valence-corrected chi connectivity index (χ2v) is 3.52.